The molecular weight excluding hydrogens is 338 g/mol. The van der Waals surface area contributed by atoms with Crippen molar-refractivity contribution in [2.75, 3.05) is 26.7 Å². The summed E-state index contributed by atoms with van der Waals surface area (Å²) in [6.07, 6.45) is 3.73. The third-order valence-electron chi connectivity index (χ3n) is 5.48. The Bertz CT molecular complexity index is 610. The van der Waals surface area contributed by atoms with Gasteiger partial charge in [0.1, 0.15) is 5.54 Å². The summed E-state index contributed by atoms with van der Waals surface area (Å²) in [6, 6.07) is 9.63. The molecule has 2 heterocycles. The van der Waals surface area contributed by atoms with Crippen LogP contribution in [0.2, 0.25) is 0 Å². The molecule has 2 unspecified atom stereocenters. The van der Waals surface area contributed by atoms with Gasteiger partial charge in [0.2, 0.25) is 5.91 Å². The number of carbonyl (C=O) groups is 2. The average molecular weight is 366 g/mol. The lowest BCUT2D eigenvalue weighted by atomic mass is 9.94. The lowest BCUT2D eigenvalue weighted by molar-refractivity contribution is -0.142. The predicted molar refractivity (Wildman–Crippen MR) is 101 cm³/mol. The lowest BCUT2D eigenvalue weighted by Crippen LogP contribution is -2.59. The smallest absolute Gasteiger partial charge is 0.254 e. The zero-order chi connectivity index (χ0) is 17.2. The maximum atomic E-state index is 13.2. The van der Waals surface area contributed by atoms with E-state index in [1.807, 2.05) is 49.2 Å². The van der Waals surface area contributed by atoms with Crippen molar-refractivity contribution in [1.29, 1.82) is 0 Å². The molecule has 0 bridgehead atoms. The molecule has 0 saturated carbocycles. The van der Waals surface area contributed by atoms with Crippen LogP contribution in [0.5, 0.6) is 0 Å². The van der Waals surface area contributed by atoms with Crippen LogP contribution in [0.3, 0.4) is 0 Å². The molecular formula is C19H28ClN3O2. The Morgan fingerprint density at radius 3 is 2.56 bits per heavy atom. The lowest BCUT2D eigenvalue weighted by Gasteiger charge is -2.41. The highest BCUT2D eigenvalue weighted by atomic mass is 35.5. The van der Waals surface area contributed by atoms with Crippen LogP contribution in [0.4, 0.5) is 0 Å². The van der Waals surface area contributed by atoms with Crippen LogP contribution < -0.4 is 5.32 Å². The topological polar surface area (TPSA) is 52.7 Å². The van der Waals surface area contributed by atoms with E-state index < -0.39 is 5.54 Å². The summed E-state index contributed by atoms with van der Waals surface area (Å²) in [4.78, 5) is 29.9. The fourth-order valence-electron chi connectivity index (χ4n) is 3.99. The van der Waals surface area contributed by atoms with Crippen LogP contribution in [0.15, 0.2) is 30.3 Å². The van der Waals surface area contributed by atoms with E-state index in [0.29, 0.717) is 18.2 Å². The Hall–Kier alpha value is -1.59. The number of nitrogens with one attached hydrogen (secondary N) is 1. The molecule has 2 aliphatic rings. The number of hydrogen-bond acceptors (Lipinski definition) is 3. The fourth-order valence-corrected chi connectivity index (χ4v) is 3.99. The van der Waals surface area contributed by atoms with Gasteiger partial charge in [-0.05, 0) is 51.8 Å². The van der Waals surface area contributed by atoms with Crippen LogP contribution in [-0.2, 0) is 4.79 Å². The number of hydrogen-bond donors (Lipinski definition) is 1. The molecule has 3 rings (SSSR count). The number of carbonyl (C=O) groups excluding carboxylic acids is 2. The second kappa shape index (κ2) is 8.19. The maximum absolute atomic E-state index is 13.2. The molecule has 2 saturated heterocycles. The summed E-state index contributed by atoms with van der Waals surface area (Å²) in [5.74, 6) is 0.0651. The molecule has 25 heavy (non-hydrogen) atoms. The maximum Gasteiger partial charge on any atom is 0.254 e. The van der Waals surface area contributed by atoms with E-state index in [4.69, 9.17) is 0 Å². The third-order valence-corrected chi connectivity index (χ3v) is 5.48. The number of halogens is 1. The van der Waals surface area contributed by atoms with Gasteiger partial charge in [-0.3, -0.25) is 9.59 Å². The van der Waals surface area contributed by atoms with E-state index in [2.05, 4.69) is 5.32 Å². The average Bonchev–Trinajstić information content (AvgIpc) is 3.04. The Morgan fingerprint density at radius 2 is 1.88 bits per heavy atom. The SMILES string of the molecule is CNC1CCCN(C(=O)C2(C)CCCN2C(=O)c2ccccc2)C1.Cl. The summed E-state index contributed by atoms with van der Waals surface area (Å²) in [6.45, 7) is 4.11. The molecule has 0 aliphatic carbocycles. The van der Waals surface area contributed by atoms with E-state index in [-0.39, 0.29) is 24.2 Å². The Balaban J connectivity index is 0.00000225. The number of amides is 2. The summed E-state index contributed by atoms with van der Waals surface area (Å²) in [7, 11) is 1.95. The number of benzene rings is 1. The Kier molecular flexibility index (Phi) is 6.47. The van der Waals surface area contributed by atoms with Crippen molar-refractivity contribution in [3.8, 4) is 0 Å². The summed E-state index contributed by atoms with van der Waals surface area (Å²) in [5.41, 5.74) is -0.0621. The molecule has 0 spiro atoms. The van der Waals surface area contributed by atoms with Crippen molar-refractivity contribution >= 4 is 24.2 Å². The highest BCUT2D eigenvalue weighted by Crippen LogP contribution is 2.33. The van der Waals surface area contributed by atoms with Gasteiger partial charge in [0.15, 0.2) is 0 Å². The minimum atomic E-state index is -0.720. The molecule has 5 nitrogen and oxygen atoms in total. The minimum absolute atomic E-state index is 0. The van der Waals surface area contributed by atoms with Gasteiger partial charge in [-0.25, -0.2) is 0 Å². The molecule has 138 valence electrons. The Labute approximate surface area is 156 Å². The first-order valence-electron chi connectivity index (χ1n) is 8.90. The number of piperidine rings is 1. The van der Waals surface area contributed by atoms with Crippen molar-refractivity contribution < 1.29 is 9.59 Å². The zero-order valence-corrected chi connectivity index (χ0v) is 15.8. The minimum Gasteiger partial charge on any atom is -0.339 e. The zero-order valence-electron chi connectivity index (χ0n) is 15.0. The highest BCUT2D eigenvalue weighted by Gasteiger charge is 2.48. The number of likely N-dealkylation sites (tertiary alicyclic amines) is 2. The molecule has 2 amide bonds. The molecule has 0 aromatic heterocycles. The highest BCUT2D eigenvalue weighted by molar-refractivity contribution is 5.99. The third kappa shape index (κ3) is 3.82. The fraction of sp³-hybridized carbons (Fsp3) is 0.579. The first-order chi connectivity index (χ1) is 11.6. The van der Waals surface area contributed by atoms with Gasteiger partial charge in [0.05, 0.1) is 0 Å². The van der Waals surface area contributed by atoms with Crippen molar-refractivity contribution in [2.45, 2.75) is 44.2 Å². The first kappa shape index (κ1) is 19.7. The molecule has 1 N–H and O–H groups in total. The van der Waals surface area contributed by atoms with E-state index in [1.54, 1.807) is 4.90 Å². The molecule has 1 aromatic carbocycles. The quantitative estimate of drug-likeness (QED) is 0.894. The molecule has 2 fully saturated rings. The van der Waals surface area contributed by atoms with E-state index in [1.165, 1.54) is 0 Å². The molecule has 2 atom stereocenters. The van der Waals surface area contributed by atoms with Crippen LogP contribution in [0, 0.1) is 0 Å². The van der Waals surface area contributed by atoms with Crippen LogP contribution in [0.25, 0.3) is 0 Å². The number of nitrogens with zero attached hydrogens (tertiary/aromatic N) is 2. The second-order valence-electron chi connectivity index (χ2n) is 7.08. The number of rotatable bonds is 3. The van der Waals surface area contributed by atoms with Gasteiger partial charge in [-0.2, -0.15) is 0 Å². The van der Waals surface area contributed by atoms with Crippen LogP contribution >= 0.6 is 12.4 Å². The van der Waals surface area contributed by atoms with Crippen molar-refractivity contribution in [1.82, 2.24) is 15.1 Å². The van der Waals surface area contributed by atoms with Crippen molar-refractivity contribution in [3.05, 3.63) is 35.9 Å². The van der Waals surface area contributed by atoms with Gasteiger partial charge in [-0.15, -0.1) is 12.4 Å². The van der Waals surface area contributed by atoms with Gasteiger partial charge in [0.25, 0.3) is 5.91 Å². The summed E-state index contributed by atoms with van der Waals surface area (Å²) in [5, 5.41) is 3.28. The van der Waals surface area contributed by atoms with Gasteiger partial charge < -0.3 is 15.1 Å². The monoisotopic (exact) mass is 365 g/mol. The molecule has 6 heteroatoms. The van der Waals surface area contributed by atoms with Crippen molar-refractivity contribution in [3.63, 3.8) is 0 Å². The Morgan fingerprint density at radius 1 is 1.16 bits per heavy atom. The molecule has 2 aliphatic heterocycles. The van der Waals surface area contributed by atoms with Gasteiger partial charge >= 0.3 is 0 Å². The number of likely N-dealkylation sites (N-methyl/N-ethyl adjacent to an activating group) is 1. The largest absolute Gasteiger partial charge is 0.339 e. The van der Waals surface area contributed by atoms with E-state index in [9.17, 15) is 9.59 Å². The second-order valence-corrected chi connectivity index (χ2v) is 7.08. The van der Waals surface area contributed by atoms with Crippen molar-refractivity contribution in [2.24, 2.45) is 0 Å². The summed E-state index contributed by atoms with van der Waals surface area (Å²) < 4.78 is 0. The molecule has 1 aromatic rings. The predicted octanol–water partition coefficient (Wildman–Crippen LogP) is 2.31. The van der Waals surface area contributed by atoms with Gasteiger partial charge in [0, 0.05) is 31.2 Å². The van der Waals surface area contributed by atoms with Crippen LogP contribution in [-0.4, -0.2) is 59.9 Å². The van der Waals surface area contributed by atoms with Gasteiger partial charge in [-0.1, -0.05) is 18.2 Å². The standard InChI is InChI=1S/C19H27N3O2.ClH/c1-19(18(24)21-12-6-10-16(14-21)20-2)11-7-13-22(19)17(23)15-8-4-3-5-9-15;/h3-5,8-9,16,20H,6-7,10-14H2,1-2H3;1H. The van der Waals surface area contributed by atoms with Crippen LogP contribution in [0.1, 0.15) is 43.0 Å². The first-order valence-corrected chi connectivity index (χ1v) is 8.90. The molecule has 0 radical (unpaired) electrons. The normalized spacial score (nSPS) is 26.2. The summed E-state index contributed by atoms with van der Waals surface area (Å²) >= 11 is 0. The van der Waals surface area contributed by atoms with E-state index in [0.717, 1.165) is 38.8 Å². The van der Waals surface area contributed by atoms with E-state index >= 15 is 0 Å².